The van der Waals surface area contributed by atoms with Crippen molar-refractivity contribution in [2.45, 2.75) is 6.54 Å². The van der Waals surface area contributed by atoms with Crippen LogP contribution in [0.3, 0.4) is 0 Å². The minimum Gasteiger partial charge on any atom is -0.493 e. The monoisotopic (exact) mass is 454 g/mol. The Labute approximate surface area is 187 Å². The zero-order valence-corrected chi connectivity index (χ0v) is 17.8. The number of aromatic nitrogens is 1. The molecule has 0 fully saturated rings. The van der Waals surface area contributed by atoms with Gasteiger partial charge in [-0.2, -0.15) is 0 Å². The van der Waals surface area contributed by atoms with E-state index in [0.717, 1.165) is 16.7 Å². The second kappa shape index (κ2) is 8.41. The van der Waals surface area contributed by atoms with E-state index in [0.29, 0.717) is 26.5 Å². The van der Waals surface area contributed by atoms with Crippen LogP contribution in [-0.2, 0) is 11.3 Å². The second-order valence-corrected chi connectivity index (χ2v) is 7.74. The number of halogens is 2. The lowest BCUT2D eigenvalue weighted by molar-refractivity contribution is 0.0600. The smallest absolute Gasteiger partial charge is 0.337 e. The molecule has 4 rings (SSSR count). The van der Waals surface area contributed by atoms with Crippen LogP contribution in [0.5, 0.6) is 5.88 Å². The molecule has 0 aliphatic heterocycles. The molecule has 0 radical (unpaired) electrons. The number of ether oxygens (including phenoxy) is 1. The number of fused-ring (bicyclic) bond motifs is 1. The highest BCUT2D eigenvalue weighted by Gasteiger charge is 2.19. The molecule has 8 heteroatoms. The van der Waals surface area contributed by atoms with Crippen molar-refractivity contribution in [2.75, 3.05) is 7.11 Å². The minimum atomic E-state index is -0.460. The Morgan fingerprint density at radius 2 is 1.90 bits per heavy atom. The molecule has 0 saturated carbocycles. The van der Waals surface area contributed by atoms with E-state index in [1.165, 1.54) is 7.11 Å². The van der Waals surface area contributed by atoms with Gasteiger partial charge < -0.3 is 14.4 Å². The summed E-state index contributed by atoms with van der Waals surface area (Å²) in [4.78, 5) is 23.3. The maximum Gasteiger partial charge on any atom is 0.337 e. The molecule has 0 atom stereocenters. The van der Waals surface area contributed by atoms with Crippen molar-refractivity contribution in [1.82, 2.24) is 4.57 Å². The summed E-state index contributed by atoms with van der Waals surface area (Å²) in [6.07, 6.45) is 0. The first kappa shape index (κ1) is 20.9. The summed E-state index contributed by atoms with van der Waals surface area (Å²) in [7, 11) is 1.31. The van der Waals surface area contributed by atoms with E-state index in [4.69, 9.17) is 27.9 Å². The summed E-state index contributed by atoms with van der Waals surface area (Å²) in [5.41, 5.74) is 3.22. The molecular weight excluding hydrogens is 439 g/mol. The fourth-order valence-corrected chi connectivity index (χ4v) is 4.07. The normalized spacial score (nSPS) is 10.9. The van der Waals surface area contributed by atoms with E-state index < -0.39 is 5.97 Å². The first-order chi connectivity index (χ1) is 14.9. The summed E-state index contributed by atoms with van der Waals surface area (Å²) in [5, 5.41) is 15.2. The zero-order chi connectivity index (χ0) is 22.1. The third kappa shape index (κ3) is 3.87. The van der Waals surface area contributed by atoms with Gasteiger partial charge in [-0.25, -0.2) is 4.79 Å². The lowest BCUT2D eigenvalue weighted by Crippen LogP contribution is -2.04. The van der Waals surface area contributed by atoms with Gasteiger partial charge in [-0.15, -0.1) is 4.91 Å². The molecular formula is C23H16Cl2N2O4. The molecule has 0 amide bonds. The standard InChI is InChI=1S/C23H16Cl2N2O4/c1-31-23(29)15-4-2-3-13(9-15)12-27-20-10-14(17-8-6-16(24)11-19(17)25)5-7-18(20)21(26-30)22(27)28/h2-11,28H,12H2,1H3. The Bertz CT molecular complexity index is 1330. The number of aromatic hydroxyl groups is 1. The molecule has 1 heterocycles. The lowest BCUT2D eigenvalue weighted by Gasteiger charge is -2.10. The lowest BCUT2D eigenvalue weighted by atomic mass is 10.0. The number of nitroso groups, excluding NO2 is 1. The van der Waals surface area contributed by atoms with E-state index in [1.807, 2.05) is 12.1 Å². The fraction of sp³-hybridized carbons (Fsp3) is 0.0870. The highest BCUT2D eigenvalue weighted by atomic mass is 35.5. The number of benzene rings is 3. The number of hydrogen-bond acceptors (Lipinski definition) is 5. The van der Waals surface area contributed by atoms with E-state index in [-0.39, 0.29) is 18.1 Å². The summed E-state index contributed by atoms with van der Waals surface area (Å²) in [5.74, 6) is -0.717. The quantitative estimate of drug-likeness (QED) is 0.273. The number of methoxy groups -OCH3 is 1. The third-order valence-corrected chi connectivity index (χ3v) is 5.58. The molecule has 156 valence electrons. The van der Waals surface area contributed by atoms with Crippen LogP contribution >= 0.6 is 23.2 Å². The molecule has 3 aromatic carbocycles. The Kier molecular flexibility index (Phi) is 5.67. The van der Waals surface area contributed by atoms with Gasteiger partial charge in [-0.3, -0.25) is 0 Å². The molecule has 0 aliphatic carbocycles. The van der Waals surface area contributed by atoms with Crippen LogP contribution in [0.4, 0.5) is 5.69 Å². The summed E-state index contributed by atoms with van der Waals surface area (Å²) in [6.45, 7) is 0.209. The second-order valence-electron chi connectivity index (χ2n) is 6.90. The molecule has 0 unspecified atom stereocenters. The van der Waals surface area contributed by atoms with Crippen molar-refractivity contribution in [3.05, 3.63) is 86.7 Å². The number of carbonyl (C=O) groups excluding carboxylic acids is 1. The fourth-order valence-electron chi connectivity index (χ4n) is 3.56. The first-order valence-corrected chi connectivity index (χ1v) is 9.99. The molecule has 4 aromatic rings. The van der Waals surface area contributed by atoms with Gasteiger partial charge in [0, 0.05) is 21.0 Å². The molecule has 0 aliphatic rings. The van der Waals surface area contributed by atoms with Gasteiger partial charge in [0.15, 0.2) is 5.69 Å². The predicted molar refractivity (Wildman–Crippen MR) is 121 cm³/mol. The third-order valence-electron chi connectivity index (χ3n) is 5.03. The van der Waals surface area contributed by atoms with Crippen LogP contribution in [0.15, 0.2) is 65.8 Å². The molecule has 6 nitrogen and oxygen atoms in total. The van der Waals surface area contributed by atoms with E-state index in [2.05, 4.69) is 5.18 Å². The van der Waals surface area contributed by atoms with Gasteiger partial charge >= 0.3 is 5.97 Å². The largest absolute Gasteiger partial charge is 0.493 e. The predicted octanol–water partition coefficient (Wildman–Crippen LogP) is 6.55. The van der Waals surface area contributed by atoms with E-state index in [1.54, 1.807) is 53.1 Å². The minimum absolute atomic E-state index is 0.0483. The molecule has 1 aromatic heterocycles. The number of esters is 1. The molecule has 1 N–H and O–H groups in total. The van der Waals surface area contributed by atoms with Crippen molar-refractivity contribution >= 4 is 45.8 Å². The van der Waals surface area contributed by atoms with Crippen LogP contribution in [0, 0.1) is 4.91 Å². The van der Waals surface area contributed by atoms with Gasteiger partial charge in [0.05, 0.1) is 24.7 Å². The molecule has 0 bridgehead atoms. The molecule has 31 heavy (non-hydrogen) atoms. The van der Waals surface area contributed by atoms with Crippen molar-refractivity contribution in [2.24, 2.45) is 5.18 Å². The highest BCUT2D eigenvalue weighted by Crippen LogP contribution is 2.41. The maximum absolute atomic E-state index is 11.8. The Morgan fingerprint density at radius 3 is 2.61 bits per heavy atom. The maximum atomic E-state index is 11.8. The first-order valence-electron chi connectivity index (χ1n) is 9.24. The number of rotatable bonds is 5. The van der Waals surface area contributed by atoms with Crippen LogP contribution in [0.2, 0.25) is 10.0 Å². The van der Waals surface area contributed by atoms with Gasteiger partial charge in [-0.1, -0.05) is 47.5 Å². The van der Waals surface area contributed by atoms with Crippen LogP contribution in [-0.4, -0.2) is 22.8 Å². The van der Waals surface area contributed by atoms with Gasteiger partial charge in [0.1, 0.15) is 0 Å². The van der Waals surface area contributed by atoms with Gasteiger partial charge in [0.25, 0.3) is 0 Å². The average molecular weight is 455 g/mol. The van der Waals surface area contributed by atoms with Crippen molar-refractivity contribution < 1.29 is 14.6 Å². The van der Waals surface area contributed by atoms with Gasteiger partial charge in [-0.05, 0) is 52.7 Å². The Hall–Kier alpha value is -3.35. The van der Waals surface area contributed by atoms with Crippen molar-refractivity contribution in [3.8, 4) is 17.0 Å². The van der Waals surface area contributed by atoms with E-state index in [9.17, 15) is 14.8 Å². The molecule has 0 saturated heterocycles. The van der Waals surface area contributed by atoms with E-state index >= 15 is 0 Å². The summed E-state index contributed by atoms with van der Waals surface area (Å²) in [6, 6.07) is 17.4. The Balaban J connectivity index is 1.85. The highest BCUT2D eigenvalue weighted by molar-refractivity contribution is 6.36. The Morgan fingerprint density at radius 1 is 1.10 bits per heavy atom. The van der Waals surface area contributed by atoms with Crippen LogP contribution in [0.25, 0.3) is 22.0 Å². The topological polar surface area (TPSA) is 80.9 Å². The number of hydrogen-bond donors (Lipinski definition) is 1. The zero-order valence-electron chi connectivity index (χ0n) is 16.3. The number of carbonyl (C=O) groups is 1. The van der Waals surface area contributed by atoms with Crippen LogP contribution < -0.4 is 0 Å². The van der Waals surface area contributed by atoms with Crippen molar-refractivity contribution in [3.63, 3.8) is 0 Å². The SMILES string of the molecule is COC(=O)c1cccc(Cn2c(O)c(N=O)c3ccc(-c4ccc(Cl)cc4Cl)cc32)c1. The number of nitrogens with zero attached hydrogens (tertiary/aromatic N) is 2. The summed E-state index contributed by atoms with van der Waals surface area (Å²) >= 11 is 12.4. The van der Waals surface area contributed by atoms with Crippen LogP contribution in [0.1, 0.15) is 15.9 Å². The van der Waals surface area contributed by atoms with Crippen molar-refractivity contribution in [1.29, 1.82) is 0 Å². The summed E-state index contributed by atoms with van der Waals surface area (Å²) < 4.78 is 6.33. The average Bonchev–Trinajstić information content (AvgIpc) is 3.03. The van der Waals surface area contributed by atoms with Gasteiger partial charge in [0.2, 0.25) is 5.88 Å². The molecule has 0 spiro atoms.